The van der Waals surface area contributed by atoms with Crippen LogP contribution in [0.2, 0.25) is 0 Å². The molecule has 0 atom stereocenters. The van der Waals surface area contributed by atoms with Gasteiger partial charge in [0.25, 0.3) is 5.91 Å². The molecule has 106 valence electrons. The van der Waals surface area contributed by atoms with Crippen LogP contribution in [-0.2, 0) is 4.79 Å². The summed E-state index contributed by atoms with van der Waals surface area (Å²) in [4.78, 5) is 13.6. The SMILES string of the molecule is CCN(/C=C(/C#N)C(=O)Nc1ccccc1O)CCO. The van der Waals surface area contributed by atoms with Crippen molar-refractivity contribution in [2.45, 2.75) is 6.92 Å². The highest BCUT2D eigenvalue weighted by Crippen LogP contribution is 2.21. The molecule has 1 amide bonds. The minimum absolute atomic E-state index is 0.0653. The van der Waals surface area contributed by atoms with Gasteiger partial charge in [-0.05, 0) is 19.1 Å². The fourth-order valence-corrected chi connectivity index (χ4v) is 1.53. The Kier molecular flexibility index (Phi) is 6.07. The summed E-state index contributed by atoms with van der Waals surface area (Å²) >= 11 is 0. The van der Waals surface area contributed by atoms with Gasteiger partial charge >= 0.3 is 0 Å². The number of hydrogen-bond acceptors (Lipinski definition) is 5. The monoisotopic (exact) mass is 275 g/mol. The molecule has 0 spiro atoms. The maximum Gasteiger partial charge on any atom is 0.267 e. The molecule has 0 bridgehead atoms. The van der Waals surface area contributed by atoms with Crippen molar-refractivity contribution in [3.63, 3.8) is 0 Å². The van der Waals surface area contributed by atoms with Crippen molar-refractivity contribution in [2.75, 3.05) is 25.0 Å². The van der Waals surface area contributed by atoms with E-state index in [1.165, 1.54) is 18.3 Å². The van der Waals surface area contributed by atoms with E-state index in [0.29, 0.717) is 13.1 Å². The van der Waals surface area contributed by atoms with Crippen LogP contribution in [0.5, 0.6) is 5.75 Å². The maximum atomic E-state index is 11.9. The number of nitrogens with zero attached hydrogens (tertiary/aromatic N) is 2. The number of aliphatic hydroxyl groups excluding tert-OH is 1. The van der Waals surface area contributed by atoms with Gasteiger partial charge in [-0.25, -0.2) is 0 Å². The van der Waals surface area contributed by atoms with E-state index in [1.54, 1.807) is 17.0 Å². The molecule has 0 saturated heterocycles. The van der Waals surface area contributed by atoms with Gasteiger partial charge in [0.05, 0.1) is 12.3 Å². The predicted octanol–water partition coefficient (Wildman–Crippen LogP) is 1.05. The van der Waals surface area contributed by atoms with Gasteiger partial charge in [0.1, 0.15) is 17.4 Å². The first-order chi connectivity index (χ1) is 9.62. The van der Waals surface area contributed by atoms with Crippen molar-refractivity contribution in [3.8, 4) is 11.8 Å². The summed E-state index contributed by atoms with van der Waals surface area (Å²) in [7, 11) is 0. The summed E-state index contributed by atoms with van der Waals surface area (Å²) in [5.74, 6) is -0.675. The van der Waals surface area contributed by atoms with Gasteiger partial charge in [0.15, 0.2) is 0 Å². The van der Waals surface area contributed by atoms with Gasteiger partial charge in [-0.2, -0.15) is 5.26 Å². The fraction of sp³-hybridized carbons (Fsp3) is 0.286. The lowest BCUT2D eigenvalue weighted by Gasteiger charge is -2.17. The number of carbonyl (C=O) groups is 1. The van der Waals surface area contributed by atoms with Gasteiger partial charge < -0.3 is 20.4 Å². The number of hydrogen-bond donors (Lipinski definition) is 3. The van der Waals surface area contributed by atoms with Crippen LogP contribution in [0.25, 0.3) is 0 Å². The van der Waals surface area contributed by atoms with Crippen LogP contribution < -0.4 is 5.32 Å². The van der Waals surface area contributed by atoms with Gasteiger partial charge in [-0.3, -0.25) is 4.79 Å². The van der Waals surface area contributed by atoms with Crippen LogP contribution in [-0.4, -0.2) is 40.7 Å². The normalized spacial score (nSPS) is 10.8. The maximum absolute atomic E-state index is 11.9. The summed E-state index contributed by atoms with van der Waals surface area (Å²) in [5.41, 5.74) is 0.146. The second-order valence-corrected chi connectivity index (χ2v) is 3.98. The molecule has 0 radical (unpaired) electrons. The topological polar surface area (TPSA) is 96.6 Å². The van der Waals surface area contributed by atoms with Crippen LogP contribution in [0.3, 0.4) is 0 Å². The highest BCUT2D eigenvalue weighted by molar-refractivity contribution is 6.07. The number of phenolic OH excluding ortho intramolecular Hbond substituents is 1. The number of nitrogens with one attached hydrogen (secondary N) is 1. The number of carbonyl (C=O) groups excluding carboxylic acids is 1. The standard InChI is InChI=1S/C14H17N3O3/c1-2-17(7-8-18)10-11(9-15)14(20)16-12-5-3-4-6-13(12)19/h3-6,10,18-19H,2,7-8H2,1H3,(H,16,20)/b11-10-. The quantitative estimate of drug-likeness (QED) is 0.409. The number of phenols is 1. The van der Waals surface area contributed by atoms with Crippen molar-refractivity contribution in [1.82, 2.24) is 4.90 Å². The van der Waals surface area contributed by atoms with Crippen LogP contribution in [0, 0.1) is 11.3 Å². The molecular weight excluding hydrogens is 258 g/mol. The number of nitriles is 1. The lowest BCUT2D eigenvalue weighted by Crippen LogP contribution is -2.23. The molecule has 6 heteroatoms. The molecule has 1 aromatic carbocycles. The lowest BCUT2D eigenvalue weighted by atomic mass is 10.2. The zero-order valence-electron chi connectivity index (χ0n) is 11.2. The van der Waals surface area contributed by atoms with E-state index in [0.717, 1.165) is 0 Å². The largest absolute Gasteiger partial charge is 0.506 e. The average Bonchev–Trinajstić information content (AvgIpc) is 2.45. The molecule has 0 unspecified atom stereocenters. The molecule has 0 heterocycles. The molecule has 20 heavy (non-hydrogen) atoms. The third kappa shape index (κ3) is 4.30. The van der Waals surface area contributed by atoms with Crippen molar-refractivity contribution in [1.29, 1.82) is 5.26 Å². The Morgan fingerprint density at radius 2 is 2.20 bits per heavy atom. The van der Waals surface area contributed by atoms with Gasteiger partial charge in [-0.1, -0.05) is 12.1 Å². The summed E-state index contributed by atoms with van der Waals surface area (Å²) in [6, 6.07) is 8.08. The van der Waals surface area contributed by atoms with E-state index in [-0.39, 0.29) is 23.6 Å². The number of para-hydroxylation sites is 2. The van der Waals surface area contributed by atoms with Gasteiger partial charge in [-0.15, -0.1) is 0 Å². The number of rotatable bonds is 6. The Morgan fingerprint density at radius 1 is 1.50 bits per heavy atom. The molecule has 1 aromatic rings. The van der Waals surface area contributed by atoms with E-state index < -0.39 is 5.91 Å². The van der Waals surface area contributed by atoms with Gasteiger partial charge in [0.2, 0.25) is 0 Å². The zero-order valence-corrected chi connectivity index (χ0v) is 11.2. The molecule has 1 rings (SSSR count). The Labute approximate surface area is 117 Å². The van der Waals surface area contributed by atoms with E-state index in [2.05, 4.69) is 5.32 Å². The zero-order chi connectivity index (χ0) is 15.0. The second-order valence-electron chi connectivity index (χ2n) is 3.98. The Morgan fingerprint density at radius 3 is 2.75 bits per heavy atom. The first-order valence-electron chi connectivity index (χ1n) is 6.18. The third-order valence-electron chi connectivity index (χ3n) is 2.62. The first kappa shape index (κ1) is 15.5. The van der Waals surface area contributed by atoms with Crippen LogP contribution in [0.4, 0.5) is 5.69 Å². The minimum Gasteiger partial charge on any atom is -0.506 e. The van der Waals surface area contributed by atoms with Crippen molar-refractivity contribution >= 4 is 11.6 Å². The molecule has 0 saturated carbocycles. The summed E-state index contributed by atoms with van der Waals surface area (Å²) in [5, 5.41) is 29.9. The highest BCUT2D eigenvalue weighted by Gasteiger charge is 2.12. The number of amides is 1. The molecule has 0 aliphatic carbocycles. The number of likely N-dealkylation sites (N-methyl/N-ethyl adjacent to an activating group) is 1. The van der Waals surface area contributed by atoms with Crippen molar-refractivity contribution in [3.05, 3.63) is 36.0 Å². The molecule has 0 aliphatic rings. The smallest absolute Gasteiger partial charge is 0.267 e. The minimum atomic E-state index is -0.606. The molecule has 0 aliphatic heterocycles. The van der Waals surface area contributed by atoms with Crippen LogP contribution in [0.15, 0.2) is 36.0 Å². The Bertz CT molecular complexity index is 535. The van der Waals surface area contributed by atoms with E-state index in [9.17, 15) is 9.90 Å². The first-order valence-corrected chi connectivity index (χ1v) is 6.18. The number of aliphatic hydroxyl groups is 1. The van der Waals surface area contributed by atoms with Crippen molar-refractivity contribution in [2.24, 2.45) is 0 Å². The van der Waals surface area contributed by atoms with Crippen LogP contribution >= 0.6 is 0 Å². The third-order valence-corrected chi connectivity index (χ3v) is 2.62. The fourth-order valence-electron chi connectivity index (χ4n) is 1.53. The average molecular weight is 275 g/mol. The van der Waals surface area contributed by atoms with Crippen LogP contribution in [0.1, 0.15) is 6.92 Å². The molecule has 3 N–H and O–H groups in total. The molecule has 6 nitrogen and oxygen atoms in total. The Balaban J connectivity index is 2.85. The van der Waals surface area contributed by atoms with Crippen molar-refractivity contribution < 1.29 is 15.0 Å². The molecular formula is C14H17N3O3. The number of anilines is 1. The highest BCUT2D eigenvalue weighted by atomic mass is 16.3. The number of benzene rings is 1. The number of aromatic hydroxyl groups is 1. The summed E-state index contributed by atoms with van der Waals surface area (Å²) < 4.78 is 0. The summed E-state index contributed by atoms with van der Waals surface area (Å²) in [6.45, 7) is 2.69. The molecule has 0 fully saturated rings. The van der Waals surface area contributed by atoms with E-state index in [1.807, 2.05) is 13.0 Å². The summed E-state index contributed by atoms with van der Waals surface area (Å²) in [6.07, 6.45) is 1.39. The Hall–Kier alpha value is -2.52. The molecule has 0 aromatic heterocycles. The van der Waals surface area contributed by atoms with E-state index in [4.69, 9.17) is 10.4 Å². The van der Waals surface area contributed by atoms with Gasteiger partial charge in [0, 0.05) is 19.3 Å². The second kappa shape index (κ2) is 7.81. The predicted molar refractivity (Wildman–Crippen MR) is 74.8 cm³/mol. The lowest BCUT2D eigenvalue weighted by molar-refractivity contribution is -0.112. The van der Waals surface area contributed by atoms with E-state index >= 15 is 0 Å².